The summed E-state index contributed by atoms with van der Waals surface area (Å²) in [7, 11) is -10.4. The fourth-order valence-electron chi connectivity index (χ4n) is 0.430. The van der Waals surface area contributed by atoms with Crippen LogP contribution in [0.2, 0.25) is 0 Å². The summed E-state index contributed by atoms with van der Waals surface area (Å²) >= 11 is 4.00. The summed E-state index contributed by atoms with van der Waals surface area (Å²) in [6, 6.07) is 0. The molecule has 0 aliphatic carbocycles. The van der Waals surface area contributed by atoms with Gasteiger partial charge in [0.1, 0.15) is 0 Å². The van der Waals surface area contributed by atoms with Crippen LogP contribution in [0.15, 0.2) is 12.7 Å². The number of hydrogen-bond acceptors (Lipinski definition) is 3. The number of halogens is 2. The van der Waals surface area contributed by atoms with Crippen LogP contribution >= 0.6 is 15.7 Å². The molecule has 0 saturated heterocycles. The third-order valence-electron chi connectivity index (χ3n) is 0.822. The van der Waals surface area contributed by atoms with Gasteiger partial charge in [-0.25, -0.2) is 9.13 Å². The average Bonchev–Trinajstić information content (AvgIpc) is 2.03. The van der Waals surface area contributed by atoms with Gasteiger partial charge in [0.15, 0.2) is 0 Å². The molecule has 0 heterocycles. The third-order valence-corrected chi connectivity index (χ3v) is 3.28. The predicted molar refractivity (Wildman–Crippen MR) is 55.1 cm³/mol. The van der Waals surface area contributed by atoms with Crippen molar-refractivity contribution < 1.29 is 26.9 Å². The van der Waals surface area contributed by atoms with E-state index >= 15 is 0 Å². The Morgan fingerprint density at radius 1 is 1.47 bits per heavy atom. The van der Waals surface area contributed by atoms with Crippen LogP contribution in [0, 0.1) is 0 Å². The van der Waals surface area contributed by atoms with Gasteiger partial charge in [-0.3, -0.25) is 4.52 Å². The van der Waals surface area contributed by atoms with Crippen LogP contribution in [0.1, 0.15) is 6.42 Å². The average molecular weight is 249 g/mol. The minimum atomic E-state index is -5.37. The molecule has 11 heteroatoms. The second kappa shape index (κ2) is 9.19. The van der Waals surface area contributed by atoms with E-state index in [0.29, 0.717) is 0 Å². The van der Waals surface area contributed by atoms with Crippen LogP contribution < -0.4 is 4.86 Å². The summed E-state index contributed by atoms with van der Waals surface area (Å²) in [5, 5.41) is 0. The first-order valence-corrected chi connectivity index (χ1v) is 7.20. The van der Waals surface area contributed by atoms with Gasteiger partial charge in [-0.05, 0) is 6.42 Å². The summed E-state index contributed by atoms with van der Waals surface area (Å²) in [6.07, 6.45) is 1.55. The van der Waals surface area contributed by atoms with E-state index in [1.54, 1.807) is 0 Å². The molecule has 0 aromatic rings. The van der Waals surface area contributed by atoms with Crippen molar-refractivity contribution in [2.24, 2.45) is 0 Å². The quantitative estimate of drug-likeness (QED) is 0.323. The van der Waals surface area contributed by atoms with Gasteiger partial charge in [0, 0.05) is 0 Å². The first-order valence-electron chi connectivity index (χ1n) is 4.14. The third kappa shape index (κ3) is 15.1. The van der Waals surface area contributed by atoms with Crippen LogP contribution in [0.5, 0.6) is 0 Å². The molecule has 0 radical (unpaired) electrons. The molecule has 0 aromatic carbocycles. The molecule has 2 atom stereocenters. The van der Waals surface area contributed by atoms with Gasteiger partial charge >= 0.3 is 46.4 Å². The van der Waals surface area contributed by atoms with Crippen molar-refractivity contribution in [1.29, 1.82) is 0 Å². The summed E-state index contributed by atoms with van der Waals surface area (Å²) in [5.74, 6) is 0. The van der Waals surface area contributed by atoms with Gasteiger partial charge in [-0.1, -0.05) is 6.08 Å². The standard InChI is InChI=1S/C4H9F2NO4P2.2Li/c1-2-3-4-11-13(6,10)7-12(5,8)9;;/h2H,1,3-4H2,(H2,7,8,9,10);;. The van der Waals surface area contributed by atoms with E-state index in [1.807, 2.05) is 30.8 Å². The number of nitrogens with one attached hydrogen (secondary N) is 1. The second-order valence-electron chi connectivity index (χ2n) is 1.99. The zero-order chi connectivity index (χ0) is 12.5. The van der Waals surface area contributed by atoms with Crippen molar-refractivity contribution in [2.45, 2.75) is 6.42 Å². The molecule has 0 saturated carbocycles. The topological polar surface area (TPSA) is 75.6 Å². The normalized spacial score (nSPS) is 18.1. The Balaban J connectivity index is 0. The Morgan fingerprint density at radius 2 is 1.93 bits per heavy atom. The Morgan fingerprint density at radius 3 is 2.27 bits per heavy atom. The van der Waals surface area contributed by atoms with Crippen LogP contribution in [-0.4, -0.2) is 42.3 Å². The summed E-state index contributed by atoms with van der Waals surface area (Å²) < 4.78 is 48.8. The van der Waals surface area contributed by atoms with Gasteiger partial charge in [-0.2, -0.15) is 0 Å². The first kappa shape index (κ1) is 18.5. The zero-order valence-corrected chi connectivity index (χ0v) is 10.3. The molecule has 0 rings (SSSR count). The fourth-order valence-corrected chi connectivity index (χ4v) is 2.18. The van der Waals surface area contributed by atoms with E-state index in [-0.39, 0.29) is 13.0 Å². The molecule has 0 bridgehead atoms. The van der Waals surface area contributed by atoms with Crippen molar-refractivity contribution in [3.63, 3.8) is 0 Å². The maximum absolute atomic E-state index is 12.5. The number of hydrogen-bond donors (Lipinski definition) is 2. The molecule has 80 valence electrons. The van der Waals surface area contributed by atoms with E-state index in [1.165, 1.54) is 6.08 Å². The Bertz CT molecular complexity index is 273. The van der Waals surface area contributed by atoms with Crippen molar-refractivity contribution in [2.75, 3.05) is 6.61 Å². The molecule has 2 N–H and O–H groups in total. The molecule has 5 nitrogen and oxygen atoms in total. The van der Waals surface area contributed by atoms with E-state index in [4.69, 9.17) is 4.89 Å². The Kier molecular flexibility index (Phi) is 11.3. The van der Waals surface area contributed by atoms with Gasteiger partial charge < -0.3 is 4.89 Å². The van der Waals surface area contributed by atoms with E-state index in [2.05, 4.69) is 11.1 Å². The monoisotopic (exact) mass is 249 g/mol. The summed E-state index contributed by atoms with van der Waals surface area (Å²) in [5.41, 5.74) is 0. The Labute approximate surface area is 104 Å². The SMILES string of the molecule is C=CCCOP(=O)(F)NP(=O)(O)F.[Li][Li]. The molecule has 0 aliphatic rings. The molecular formula is C4H9F2Li2NO4P2. The predicted octanol–water partition coefficient (Wildman–Crippen LogP) is 1.55. The maximum atomic E-state index is 12.5. The molecule has 0 amide bonds. The van der Waals surface area contributed by atoms with Gasteiger partial charge in [0.2, 0.25) is 0 Å². The van der Waals surface area contributed by atoms with Crippen LogP contribution in [0.3, 0.4) is 0 Å². The van der Waals surface area contributed by atoms with E-state index in [9.17, 15) is 17.5 Å². The van der Waals surface area contributed by atoms with Crippen LogP contribution in [-0.2, 0) is 13.7 Å². The van der Waals surface area contributed by atoms with Crippen molar-refractivity contribution in [3.05, 3.63) is 12.7 Å². The van der Waals surface area contributed by atoms with Crippen LogP contribution in [0.4, 0.5) is 8.39 Å². The van der Waals surface area contributed by atoms with Gasteiger partial charge in [0.05, 0.1) is 6.61 Å². The van der Waals surface area contributed by atoms with Crippen LogP contribution in [0.25, 0.3) is 0 Å². The van der Waals surface area contributed by atoms with Crippen molar-refractivity contribution >= 4 is 46.4 Å². The van der Waals surface area contributed by atoms with E-state index in [0.717, 1.165) is 4.86 Å². The van der Waals surface area contributed by atoms with Gasteiger partial charge in [-0.15, -0.1) is 19.8 Å². The molecule has 0 fully saturated rings. The molecular weight excluding hydrogens is 240 g/mol. The van der Waals surface area contributed by atoms with Crippen molar-refractivity contribution in [1.82, 2.24) is 4.86 Å². The first-order chi connectivity index (χ1) is 6.77. The van der Waals surface area contributed by atoms with Gasteiger partial charge in [0.25, 0.3) is 0 Å². The molecule has 2 unspecified atom stereocenters. The second-order valence-corrected chi connectivity index (χ2v) is 5.01. The molecule has 0 aliphatic heterocycles. The Hall–Kier alpha value is 1.13. The van der Waals surface area contributed by atoms with E-state index < -0.39 is 15.7 Å². The summed E-state index contributed by atoms with van der Waals surface area (Å²) in [4.78, 5) is 8.71. The molecule has 0 spiro atoms. The molecule has 0 aromatic heterocycles. The minimum absolute atomic E-state index is 0.192. The zero-order valence-electron chi connectivity index (χ0n) is 8.52. The van der Waals surface area contributed by atoms with Crippen molar-refractivity contribution in [3.8, 4) is 0 Å². The fraction of sp³-hybridized carbons (Fsp3) is 0.500. The molecule has 15 heavy (non-hydrogen) atoms. The summed E-state index contributed by atoms with van der Waals surface area (Å²) in [6.45, 7) is 2.95. The number of rotatable bonds is 6.